The highest BCUT2D eigenvalue weighted by molar-refractivity contribution is 5.30. The van der Waals surface area contributed by atoms with Crippen molar-refractivity contribution in [3.05, 3.63) is 41.7 Å². The molecular formula is C13H17FN4O. The van der Waals surface area contributed by atoms with Crippen LogP contribution in [0.4, 0.5) is 4.39 Å². The summed E-state index contributed by atoms with van der Waals surface area (Å²) in [4.78, 5) is 4.07. The van der Waals surface area contributed by atoms with Crippen LogP contribution in [-0.4, -0.2) is 22.3 Å². The number of halogens is 1. The van der Waals surface area contributed by atoms with Crippen molar-refractivity contribution in [3.63, 3.8) is 0 Å². The number of rotatable bonds is 5. The summed E-state index contributed by atoms with van der Waals surface area (Å²) in [6.45, 7) is 3.84. The Labute approximate surface area is 111 Å². The number of H-pyrrole nitrogens is 1. The molecule has 19 heavy (non-hydrogen) atoms. The van der Waals surface area contributed by atoms with E-state index in [2.05, 4.69) is 20.5 Å². The fourth-order valence-corrected chi connectivity index (χ4v) is 1.95. The number of ether oxygens (including phenoxy) is 1. The van der Waals surface area contributed by atoms with E-state index in [0.717, 1.165) is 5.82 Å². The zero-order valence-corrected chi connectivity index (χ0v) is 11.1. The molecule has 0 amide bonds. The molecule has 0 spiro atoms. The molecule has 0 aliphatic heterocycles. The van der Waals surface area contributed by atoms with Crippen LogP contribution in [0, 0.1) is 5.82 Å². The van der Waals surface area contributed by atoms with Crippen LogP contribution in [0.25, 0.3) is 0 Å². The van der Waals surface area contributed by atoms with Crippen LogP contribution in [0.5, 0.6) is 5.75 Å². The van der Waals surface area contributed by atoms with Gasteiger partial charge in [-0.3, -0.25) is 5.10 Å². The van der Waals surface area contributed by atoms with Crippen LogP contribution in [0.15, 0.2) is 24.5 Å². The molecule has 0 radical (unpaired) electrons. The molecule has 102 valence electrons. The summed E-state index contributed by atoms with van der Waals surface area (Å²) in [6.07, 6.45) is 1.45. The Kier molecular flexibility index (Phi) is 4.11. The maximum atomic E-state index is 13.9. The van der Waals surface area contributed by atoms with Crippen LogP contribution in [0.3, 0.4) is 0 Å². The van der Waals surface area contributed by atoms with Gasteiger partial charge in [-0.25, -0.2) is 9.37 Å². The van der Waals surface area contributed by atoms with Gasteiger partial charge in [0.2, 0.25) is 0 Å². The minimum Gasteiger partial charge on any atom is -0.497 e. The summed E-state index contributed by atoms with van der Waals surface area (Å²) in [5, 5.41) is 9.85. The number of benzene rings is 1. The number of aromatic nitrogens is 3. The summed E-state index contributed by atoms with van der Waals surface area (Å²) in [5.41, 5.74) is 0.590. The molecule has 2 rings (SSSR count). The Bertz CT molecular complexity index is 529. The molecule has 0 saturated carbocycles. The molecule has 1 aromatic heterocycles. The van der Waals surface area contributed by atoms with Crippen molar-refractivity contribution in [1.29, 1.82) is 0 Å². The first-order chi connectivity index (χ1) is 9.11. The van der Waals surface area contributed by atoms with Crippen LogP contribution < -0.4 is 10.1 Å². The Morgan fingerprint density at radius 3 is 2.68 bits per heavy atom. The van der Waals surface area contributed by atoms with Crippen molar-refractivity contribution in [3.8, 4) is 5.75 Å². The van der Waals surface area contributed by atoms with Gasteiger partial charge in [-0.05, 0) is 19.9 Å². The van der Waals surface area contributed by atoms with Crippen LogP contribution >= 0.6 is 0 Å². The SMILES string of the molecule is COc1ccc(C(C)NC(C)c2ncn[nH]2)c(F)c1. The van der Waals surface area contributed by atoms with Gasteiger partial charge in [0.15, 0.2) is 0 Å². The van der Waals surface area contributed by atoms with E-state index in [4.69, 9.17) is 4.74 Å². The van der Waals surface area contributed by atoms with E-state index in [1.165, 1.54) is 19.5 Å². The highest BCUT2D eigenvalue weighted by atomic mass is 19.1. The van der Waals surface area contributed by atoms with Gasteiger partial charge in [0.1, 0.15) is 23.7 Å². The van der Waals surface area contributed by atoms with Crippen molar-refractivity contribution in [2.45, 2.75) is 25.9 Å². The minimum atomic E-state index is -0.288. The third-order valence-electron chi connectivity index (χ3n) is 3.02. The fourth-order valence-electron chi connectivity index (χ4n) is 1.95. The van der Waals surface area contributed by atoms with Crippen LogP contribution in [0.1, 0.15) is 37.3 Å². The summed E-state index contributed by atoms with van der Waals surface area (Å²) >= 11 is 0. The fraction of sp³-hybridized carbons (Fsp3) is 0.385. The Balaban J connectivity index is 2.09. The van der Waals surface area contributed by atoms with Gasteiger partial charge < -0.3 is 10.1 Å². The lowest BCUT2D eigenvalue weighted by molar-refractivity contribution is 0.408. The second-order valence-electron chi connectivity index (χ2n) is 4.37. The third-order valence-corrected chi connectivity index (χ3v) is 3.02. The number of nitrogens with one attached hydrogen (secondary N) is 2. The molecule has 2 N–H and O–H groups in total. The lowest BCUT2D eigenvalue weighted by Crippen LogP contribution is -2.24. The Morgan fingerprint density at radius 1 is 1.32 bits per heavy atom. The highest BCUT2D eigenvalue weighted by Crippen LogP contribution is 2.23. The molecule has 1 heterocycles. The molecule has 0 aliphatic rings. The van der Waals surface area contributed by atoms with E-state index in [1.54, 1.807) is 12.1 Å². The quantitative estimate of drug-likeness (QED) is 0.870. The normalized spacial score (nSPS) is 14.1. The van der Waals surface area contributed by atoms with Crippen LogP contribution in [-0.2, 0) is 0 Å². The van der Waals surface area contributed by atoms with Crippen molar-refractivity contribution in [1.82, 2.24) is 20.5 Å². The number of methoxy groups -OCH3 is 1. The van der Waals surface area contributed by atoms with Crippen molar-refractivity contribution in [2.75, 3.05) is 7.11 Å². The molecular weight excluding hydrogens is 247 g/mol. The molecule has 5 nitrogen and oxygen atoms in total. The molecule has 0 aliphatic carbocycles. The van der Waals surface area contributed by atoms with Crippen molar-refractivity contribution < 1.29 is 9.13 Å². The standard InChI is InChI=1S/C13H17FN4O/c1-8(17-9(2)13-15-7-16-18-13)11-5-4-10(19-3)6-12(11)14/h4-9,17H,1-3H3,(H,15,16,18). The maximum Gasteiger partial charge on any atom is 0.141 e. The number of hydrogen-bond donors (Lipinski definition) is 2. The maximum absolute atomic E-state index is 13.9. The van der Waals surface area contributed by atoms with E-state index in [1.807, 2.05) is 13.8 Å². The first-order valence-electron chi connectivity index (χ1n) is 6.06. The first kappa shape index (κ1) is 13.5. The van der Waals surface area contributed by atoms with Crippen molar-refractivity contribution in [2.24, 2.45) is 0 Å². The van der Waals surface area contributed by atoms with E-state index < -0.39 is 0 Å². The third kappa shape index (κ3) is 3.08. The smallest absolute Gasteiger partial charge is 0.141 e. The molecule has 0 bridgehead atoms. The average Bonchev–Trinajstić information content (AvgIpc) is 2.92. The molecule has 2 atom stereocenters. The van der Waals surface area contributed by atoms with Gasteiger partial charge in [-0.1, -0.05) is 6.07 Å². The van der Waals surface area contributed by atoms with E-state index in [0.29, 0.717) is 11.3 Å². The summed E-state index contributed by atoms with van der Waals surface area (Å²) in [5.74, 6) is 0.946. The van der Waals surface area contributed by atoms with Crippen molar-refractivity contribution >= 4 is 0 Å². The number of aromatic amines is 1. The molecule has 1 aromatic carbocycles. The minimum absolute atomic E-state index is 0.0426. The highest BCUT2D eigenvalue weighted by Gasteiger charge is 2.16. The zero-order chi connectivity index (χ0) is 13.8. The number of nitrogens with zero attached hydrogens (tertiary/aromatic N) is 2. The summed E-state index contributed by atoms with van der Waals surface area (Å²) in [7, 11) is 1.52. The van der Waals surface area contributed by atoms with Gasteiger partial charge in [-0.2, -0.15) is 5.10 Å². The molecule has 0 saturated heterocycles. The molecule has 6 heteroatoms. The van der Waals surface area contributed by atoms with Gasteiger partial charge in [0, 0.05) is 17.7 Å². The monoisotopic (exact) mass is 264 g/mol. The van der Waals surface area contributed by atoms with Gasteiger partial charge in [0.05, 0.1) is 13.2 Å². The van der Waals surface area contributed by atoms with Gasteiger partial charge in [-0.15, -0.1) is 0 Å². The average molecular weight is 264 g/mol. The molecule has 2 aromatic rings. The van der Waals surface area contributed by atoms with Gasteiger partial charge in [0.25, 0.3) is 0 Å². The predicted octanol–water partition coefficient (Wildman–Crippen LogP) is 2.36. The second-order valence-corrected chi connectivity index (χ2v) is 4.37. The first-order valence-corrected chi connectivity index (χ1v) is 6.06. The Hall–Kier alpha value is -1.95. The van der Waals surface area contributed by atoms with E-state index in [9.17, 15) is 4.39 Å². The topological polar surface area (TPSA) is 62.8 Å². The zero-order valence-electron chi connectivity index (χ0n) is 11.1. The predicted molar refractivity (Wildman–Crippen MR) is 69.3 cm³/mol. The molecule has 0 fully saturated rings. The lowest BCUT2D eigenvalue weighted by atomic mass is 10.1. The Morgan fingerprint density at radius 2 is 2.11 bits per heavy atom. The largest absolute Gasteiger partial charge is 0.497 e. The van der Waals surface area contributed by atoms with E-state index in [-0.39, 0.29) is 17.9 Å². The lowest BCUT2D eigenvalue weighted by Gasteiger charge is -2.19. The second kappa shape index (κ2) is 5.79. The summed E-state index contributed by atoms with van der Waals surface area (Å²) < 4.78 is 18.9. The number of hydrogen-bond acceptors (Lipinski definition) is 4. The summed E-state index contributed by atoms with van der Waals surface area (Å²) in [6, 6.07) is 4.66. The molecule has 2 unspecified atom stereocenters. The van der Waals surface area contributed by atoms with Crippen LogP contribution in [0.2, 0.25) is 0 Å². The van der Waals surface area contributed by atoms with E-state index >= 15 is 0 Å². The van der Waals surface area contributed by atoms with Gasteiger partial charge >= 0.3 is 0 Å².